The fourth-order valence-electron chi connectivity index (χ4n) is 2.65. The number of nitrogens with one attached hydrogen (secondary N) is 3. The molecule has 3 aromatic rings. The third-order valence-electron chi connectivity index (χ3n) is 4.39. The van der Waals surface area contributed by atoms with Crippen LogP contribution in [0.25, 0.3) is 5.82 Å². The highest BCUT2D eigenvalue weighted by molar-refractivity contribution is 6.06. The predicted molar refractivity (Wildman–Crippen MR) is 100 cm³/mol. The molecule has 0 radical (unpaired) electrons. The highest BCUT2D eigenvalue weighted by atomic mass is 19.4. The van der Waals surface area contributed by atoms with E-state index in [4.69, 9.17) is 5.11 Å². The minimum atomic E-state index is -5.02. The molecule has 11 nitrogen and oxygen atoms in total. The second kappa shape index (κ2) is 9.01. The Hall–Kier alpha value is -3.96. The largest absolute Gasteiger partial charge is 0.464 e. The zero-order valence-corrected chi connectivity index (χ0v) is 17.5. The number of rotatable bonds is 6. The Bertz CT molecular complexity index is 1310. The van der Waals surface area contributed by atoms with Crippen molar-refractivity contribution in [2.75, 3.05) is 5.32 Å². The summed E-state index contributed by atoms with van der Waals surface area (Å²) in [7, 11) is 0. The molecule has 18 heteroatoms. The van der Waals surface area contributed by atoms with Gasteiger partial charge in [-0.05, 0) is 19.9 Å². The Morgan fingerprint density at radius 2 is 1.94 bits per heavy atom. The standard InChI is InChI=1S/C17H14F7N7O4/c1-5-10(11(29-28-5)17(22,23)24)26-13(33)7-3-8(18)12(31-15(34)25-9(4-32)30-31)27-14(7)35-6(2)16(19,20)21/h3,6,32H,4H2,1-2H3,(H,26,33)(H,28,29)(H,25,30,34)/t6-/m0/s1. The minimum Gasteiger partial charge on any atom is -0.464 e. The van der Waals surface area contributed by atoms with E-state index in [1.54, 1.807) is 5.32 Å². The van der Waals surface area contributed by atoms with E-state index in [-0.39, 0.29) is 16.2 Å². The van der Waals surface area contributed by atoms with Crippen LogP contribution in [0.4, 0.5) is 36.4 Å². The van der Waals surface area contributed by atoms with Crippen molar-refractivity contribution in [3.63, 3.8) is 0 Å². The lowest BCUT2D eigenvalue weighted by Crippen LogP contribution is -2.32. The number of amides is 1. The van der Waals surface area contributed by atoms with E-state index in [1.807, 2.05) is 10.1 Å². The van der Waals surface area contributed by atoms with Crippen LogP contribution in [-0.4, -0.2) is 53.2 Å². The van der Waals surface area contributed by atoms with Gasteiger partial charge in [-0.3, -0.25) is 14.9 Å². The summed E-state index contributed by atoms with van der Waals surface area (Å²) in [5.41, 5.74) is -4.84. The van der Waals surface area contributed by atoms with Gasteiger partial charge in [-0.2, -0.15) is 41.1 Å². The van der Waals surface area contributed by atoms with E-state index in [1.165, 1.54) is 0 Å². The highest BCUT2D eigenvalue weighted by Gasteiger charge is 2.40. The van der Waals surface area contributed by atoms with Crippen molar-refractivity contribution in [1.82, 2.24) is 29.9 Å². The second-order valence-electron chi connectivity index (χ2n) is 6.92. The van der Waals surface area contributed by atoms with Gasteiger partial charge in [-0.1, -0.05) is 0 Å². The first-order chi connectivity index (χ1) is 16.1. The van der Waals surface area contributed by atoms with Gasteiger partial charge in [0.1, 0.15) is 12.2 Å². The number of halogens is 7. The zero-order valence-electron chi connectivity index (χ0n) is 17.5. The van der Waals surface area contributed by atoms with Crippen molar-refractivity contribution in [3.05, 3.63) is 45.1 Å². The van der Waals surface area contributed by atoms with Crippen LogP contribution in [0.3, 0.4) is 0 Å². The molecule has 0 aliphatic carbocycles. The molecule has 0 saturated carbocycles. The monoisotopic (exact) mass is 513 g/mol. The van der Waals surface area contributed by atoms with E-state index in [0.717, 1.165) is 6.92 Å². The predicted octanol–water partition coefficient (Wildman–Crippen LogP) is 2.22. The number of H-pyrrole nitrogens is 2. The lowest BCUT2D eigenvalue weighted by Gasteiger charge is -2.19. The molecule has 0 spiro atoms. The third kappa shape index (κ3) is 5.26. The van der Waals surface area contributed by atoms with Gasteiger partial charge < -0.3 is 15.2 Å². The van der Waals surface area contributed by atoms with E-state index >= 15 is 0 Å². The number of aromatic amines is 2. The molecular formula is C17H14F7N7O4. The van der Waals surface area contributed by atoms with Crippen LogP contribution in [0, 0.1) is 12.7 Å². The summed E-state index contributed by atoms with van der Waals surface area (Å²) in [6.07, 6.45) is -12.6. The summed E-state index contributed by atoms with van der Waals surface area (Å²) in [6, 6.07) is 0.304. The molecule has 4 N–H and O–H groups in total. The molecule has 0 aliphatic heterocycles. The molecule has 0 aromatic carbocycles. The van der Waals surface area contributed by atoms with Crippen LogP contribution in [0.5, 0.6) is 5.88 Å². The Morgan fingerprint density at radius 1 is 1.29 bits per heavy atom. The molecule has 0 fully saturated rings. The molecule has 0 saturated heterocycles. The molecule has 1 atom stereocenters. The number of hydrogen-bond acceptors (Lipinski definition) is 7. The average molecular weight is 513 g/mol. The summed E-state index contributed by atoms with van der Waals surface area (Å²) in [5, 5.41) is 19.4. The number of carbonyl (C=O) groups is 1. The number of ether oxygens (including phenoxy) is 1. The minimum absolute atomic E-state index is 0.246. The average Bonchev–Trinajstić information content (AvgIpc) is 3.30. The first-order valence-corrected chi connectivity index (χ1v) is 9.30. The van der Waals surface area contributed by atoms with Crippen LogP contribution >= 0.6 is 0 Å². The summed E-state index contributed by atoms with van der Waals surface area (Å²) in [6.45, 7) is 0.856. The van der Waals surface area contributed by atoms with Gasteiger partial charge in [-0.15, -0.1) is 5.10 Å². The zero-order chi connectivity index (χ0) is 26.3. The molecule has 0 aliphatic rings. The Labute approximate surface area is 188 Å². The topological polar surface area (TPSA) is 151 Å². The number of pyridine rings is 1. The van der Waals surface area contributed by atoms with Crippen molar-refractivity contribution in [3.8, 4) is 11.7 Å². The van der Waals surface area contributed by atoms with Gasteiger partial charge in [0, 0.05) is 0 Å². The van der Waals surface area contributed by atoms with Crippen molar-refractivity contribution >= 4 is 11.6 Å². The molecule has 3 heterocycles. The number of aryl methyl sites for hydroxylation is 1. The SMILES string of the molecule is Cc1[nH]nc(C(F)(F)F)c1NC(=O)c1cc(F)c(-n2nc(CO)[nH]c2=O)nc1O[C@@H](C)C(F)(F)F. The lowest BCUT2D eigenvalue weighted by atomic mass is 10.2. The lowest BCUT2D eigenvalue weighted by molar-refractivity contribution is -0.190. The molecule has 35 heavy (non-hydrogen) atoms. The number of aromatic nitrogens is 6. The third-order valence-corrected chi connectivity index (χ3v) is 4.39. The molecule has 0 bridgehead atoms. The van der Waals surface area contributed by atoms with Gasteiger partial charge >= 0.3 is 18.0 Å². The fraction of sp³-hybridized carbons (Fsp3) is 0.353. The molecule has 3 rings (SSSR count). The Kier molecular flexibility index (Phi) is 6.60. The number of carbonyl (C=O) groups excluding carboxylic acids is 1. The van der Waals surface area contributed by atoms with Crippen molar-refractivity contribution in [1.29, 1.82) is 0 Å². The van der Waals surface area contributed by atoms with Crippen LogP contribution in [0.1, 0.15) is 34.5 Å². The summed E-state index contributed by atoms with van der Waals surface area (Å²) >= 11 is 0. The van der Waals surface area contributed by atoms with Gasteiger partial charge in [0.25, 0.3) is 5.91 Å². The van der Waals surface area contributed by atoms with Crippen molar-refractivity contribution in [2.24, 2.45) is 0 Å². The normalized spacial score (nSPS) is 13.1. The Morgan fingerprint density at radius 3 is 2.49 bits per heavy atom. The number of aliphatic hydroxyl groups is 1. The number of alkyl halides is 6. The maximum atomic E-state index is 14.8. The summed E-state index contributed by atoms with van der Waals surface area (Å²) in [4.78, 5) is 30.1. The maximum Gasteiger partial charge on any atom is 0.437 e. The molecule has 3 aromatic heterocycles. The summed E-state index contributed by atoms with van der Waals surface area (Å²) < 4.78 is 98.3. The van der Waals surface area contributed by atoms with Crippen LogP contribution in [-0.2, 0) is 12.8 Å². The quantitative estimate of drug-likeness (QED) is 0.369. The van der Waals surface area contributed by atoms with E-state index in [9.17, 15) is 40.3 Å². The maximum absolute atomic E-state index is 14.8. The second-order valence-corrected chi connectivity index (χ2v) is 6.92. The number of anilines is 1. The highest BCUT2D eigenvalue weighted by Crippen LogP contribution is 2.35. The molecule has 0 unspecified atom stereocenters. The number of hydrogen-bond donors (Lipinski definition) is 4. The van der Waals surface area contributed by atoms with E-state index in [0.29, 0.717) is 13.0 Å². The van der Waals surface area contributed by atoms with Gasteiger partial charge in [0.05, 0.1) is 11.4 Å². The van der Waals surface area contributed by atoms with Crippen LogP contribution in [0.2, 0.25) is 0 Å². The number of nitrogens with zero attached hydrogens (tertiary/aromatic N) is 4. The molecule has 1 amide bonds. The molecule has 190 valence electrons. The fourth-order valence-corrected chi connectivity index (χ4v) is 2.65. The number of aliphatic hydroxyl groups excluding tert-OH is 1. The first-order valence-electron chi connectivity index (χ1n) is 9.30. The van der Waals surface area contributed by atoms with Crippen molar-refractivity contribution < 1.29 is 45.4 Å². The van der Waals surface area contributed by atoms with E-state index < -0.39 is 71.1 Å². The smallest absolute Gasteiger partial charge is 0.437 e. The molecular weight excluding hydrogens is 499 g/mol. The van der Waals surface area contributed by atoms with Gasteiger partial charge in [-0.25, -0.2) is 9.18 Å². The van der Waals surface area contributed by atoms with Crippen LogP contribution < -0.4 is 15.7 Å². The van der Waals surface area contributed by atoms with Crippen LogP contribution in [0.15, 0.2) is 10.9 Å². The summed E-state index contributed by atoms with van der Waals surface area (Å²) in [5.74, 6) is -5.52. The van der Waals surface area contributed by atoms with Gasteiger partial charge in [0.15, 0.2) is 29.3 Å². The van der Waals surface area contributed by atoms with Gasteiger partial charge in [0.2, 0.25) is 5.88 Å². The Balaban J connectivity index is 2.12. The van der Waals surface area contributed by atoms with Crippen molar-refractivity contribution in [2.45, 2.75) is 38.9 Å². The van der Waals surface area contributed by atoms with E-state index in [2.05, 4.69) is 19.9 Å². The first kappa shape index (κ1) is 25.7.